The minimum Gasteiger partial charge on any atom is -0.478 e. The first-order valence-electron chi connectivity index (χ1n) is 5.29. The number of nitrogen functional groups attached to an aromatic ring is 1. The summed E-state index contributed by atoms with van der Waals surface area (Å²) in [6.07, 6.45) is 1.14. The number of benzene rings is 1. The van der Waals surface area contributed by atoms with Crippen LogP contribution in [0, 0.1) is 11.6 Å². The van der Waals surface area contributed by atoms with E-state index in [-0.39, 0.29) is 27.2 Å². The van der Waals surface area contributed by atoms with Crippen molar-refractivity contribution < 1.29 is 18.7 Å². The number of rotatable bonds is 3. The predicted molar refractivity (Wildman–Crippen MR) is 72.9 cm³/mol. The smallest absolute Gasteiger partial charge is 0.337 e. The third-order valence-corrected chi connectivity index (χ3v) is 3.05. The number of nitrogens with zero attached hydrogens (tertiary/aromatic N) is 1. The maximum atomic E-state index is 13.6. The lowest BCUT2D eigenvalue weighted by atomic mass is 10.2. The lowest BCUT2D eigenvalue weighted by Gasteiger charge is -2.09. The van der Waals surface area contributed by atoms with Gasteiger partial charge >= 0.3 is 5.97 Å². The van der Waals surface area contributed by atoms with E-state index in [1.54, 1.807) is 0 Å². The van der Waals surface area contributed by atoms with Crippen molar-refractivity contribution in [3.8, 4) is 0 Å². The summed E-state index contributed by atoms with van der Waals surface area (Å²) in [4.78, 5) is 14.8. The second kappa shape index (κ2) is 5.41. The maximum Gasteiger partial charge on any atom is 0.337 e. The third-order valence-electron chi connectivity index (χ3n) is 2.44. The molecule has 0 spiro atoms. The van der Waals surface area contributed by atoms with Crippen molar-refractivity contribution in [2.24, 2.45) is 0 Å². The zero-order valence-electron chi connectivity index (χ0n) is 9.82. The topological polar surface area (TPSA) is 88.2 Å². The molecule has 0 aliphatic heterocycles. The van der Waals surface area contributed by atoms with Crippen LogP contribution in [-0.4, -0.2) is 16.1 Å². The Hall–Kier alpha value is -2.22. The summed E-state index contributed by atoms with van der Waals surface area (Å²) in [5, 5.41) is 11.5. The normalized spacial score (nSPS) is 10.3. The van der Waals surface area contributed by atoms with Crippen molar-refractivity contribution in [1.82, 2.24) is 4.98 Å². The van der Waals surface area contributed by atoms with Gasteiger partial charge in [-0.25, -0.2) is 18.6 Å². The van der Waals surface area contributed by atoms with E-state index < -0.39 is 17.6 Å². The van der Waals surface area contributed by atoms with Gasteiger partial charge in [-0.2, -0.15) is 0 Å². The molecule has 20 heavy (non-hydrogen) atoms. The van der Waals surface area contributed by atoms with Crippen molar-refractivity contribution >= 4 is 39.1 Å². The Bertz CT molecular complexity index is 695. The third kappa shape index (κ3) is 2.85. The van der Waals surface area contributed by atoms with Crippen LogP contribution < -0.4 is 11.1 Å². The van der Waals surface area contributed by atoms with E-state index in [0.717, 1.165) is 12.3 Å². The summed E-state index contributed by atoms with van der Waals surface area (Å²) >= 11 is 2.93. The molecule has 4 N–H and O–H groups in total. The fraction of sp³-hybridized carbons (Fsp3) is 0. The molecular weight excluding hydrogens is 336 g/mol. The van der Waals surface area contributed by atoms with Gasteiger partial charge in [-0.1, -0.05) is 0 Å². The number of aromatic carboxylic acids is 1. The molecule has 8 heteroatoms. The molecule has 2 rings (SSSR count). The average molecular weight is 344 g/mol. The Labute approximate surface area is 120 Å². The highest BCUT2D eigenvalue weighted by molar-refractivity contribution is 9.10. The number of nitrogens with two attached hydrogens (primary N) is 1. The Morgan fingerprint density at radius 3 is 2.65 bits per heavy atom. The van der Waals surface area contributed by atoms with E-state index >= 15 is 0 Å². The second-order valence-corrected chi connectivity index (χ2v) is 4.69. The number of nitrogens with one attached hydrogen (secondary N) is 1. The Morgan fingerprint density at radius 1 is 1.30 bits per heavy atom. The summed E-state index contributed by atoms with van der Waals surface area (Å²) in [6.45, 7) is 0. The monoisotopic (exact) mass is 343 g/mol. The molecule has 0 atom stereocenters. The highest BCUT2D eigenvalue weighted by Gasteiger charge is 2.12. The number of hydrogen-bond donors (Lipinski definition) is 3. The Balaban J connectivity index is 2.38. The fourth-order valence-electron chi connectivity index (χ4n) is 1.48. The predicted octanol–water partition coefficient (Wildman–Crippen LogP) is 3.15. The van der Waals surface area contributed by atoms with Crippen LogP contribution in [-0.2, 0) is 0 Å². The standard InChI is InChI=1S/C12H8BrF2N3O2/c13-6-2-10(8(15)3-7(6)14)18-11-1-5(12(19)20)9(16)4-17-11/h1-4H,16H2,(H,17,18)(H,19,20). The van der Waals surface area contributed by atoms with E-state index in [0.29, 0.717) is 6.07 Å². The quantitative estimate of drug-likeness (QED) is 0.745. The van der Waals surface area contributed by atoms with E-state index in [4.69, 9.17) is 10.8 Å². The van der Waals surface area contributed by atoms with Crippen LogP contribution in [0.2, 0.25) is 0 Å². The largest absolute Gasteiger partial charge is 0.478 e. The summed E-state index contributed by atoms with van der Waals surface area (Å²) in [6, 6.07) is 3.04. The molecule has 0 saturated carbocycles. The van der Waals surface area contributed by atoms with Gasteiger partial charge in [0.25, 0.3) is 0 Å². The zero-order chi connectivity index (χ0) is 14.9. The number of carboxylic acids is 1. The van der Waals surface area contributed by atoms with Gasteiger partial charge in [-0.15, -0.1) is 0 Å². The molecule has 2 aromatic rings. The van der Waals surface area contributed by atoms with Crippen molar-refractivity contribution in [2.45, 2.75) is 0 Å². The van der Waals surface area contributed by atoms with E-state index in [9.17, 15) is 13.6 Å². The first kappa shape index (κ1) is 14.2. The van der Waals surface area contributed by atoms with Crippen molar-refractivity contribution in [3.05, 3.63) is 46.1 Å². The fourth-order valence-corrected chi connectivity index (χ4v) is 1.82. The van der Waals surface area contributed by atoms with E-state index in [2.05, 4.69) is 26.2 Å². The molecule has 104 valence electrons. The van der Waals surface area contributed by atoms with Gasteiger partial charge in [0, 0.05) is 6.07 Å². The molecule has 5 nitrogen and oxygen atoms in total. The van der Waals surface area contributed by atoms with Crippen molar-refractivity contribution in [1.29, 1.82) is 0 Å². The van der Waals surface area contributed by atoms with Gasteiger partial charge in [0.1, 0.15) is 17.5 Å². The molecule has 1 aromatic carbocycles. The molecule has 0 fully saturated rings. The highest BCUT2D eigenvalue weighted by Crippen LogP contribution is 2.26. The lowest BCUT2D eigenvalue weighted by molar-refractivity contribution is 0.0698. The molecule has 1 aromatic heterocycles. The van der Waals surface area contributed by atoms with Crippen LogP contribution in [0.5, 0.6) is 0 Å². The maximum absolute atomic E-state index is 13.6. The number of pyridine rings is 1. The number of aromatic nitrogens is 1. The number of anilines is 3. The van der Waals surface area contributed by atoms with Crippen LogP contribution in [0.25, 0.3) is 0 Å². The first-order valence-corrected chi connectivity index (χ1v) is 6.08. The molecule has 1 heterocycles. The van der Waals surface area contributed by atoms with Gasteiger partial charge in [-0.05, 0) is 28.1 Å². The van der Waals surface area contributed by atoms with Crippen LogP contribution in [0.15, 0.2) is 28.9 Å². The Morgan fingerprint density at radius 2 is 2.00 bits per heavy atom. The Kier molecular flexibility index (Phi) is 3.84. The van der Waals surface area contributed by atoms with Crippen LogP contribution in [0.1, 0.15) is 10.4 Å². The number of halogens is 3. The molecule has 0 bridgehead atoms. The molecule has 0 saturated heterocycles. The zero-order valence-corrected chi connectivity index (χ0v) is 11.4. The van der Waals surface area contributed by atoms with Crippen LogP contribution in [0.4, 0.5) is 26.0 Å². The van der Waals surface area contributed by atoms with Gasteiger partial charge in [0.2, 0.25) is 0 Å². The van der Waals surface area contributed by atoms with Crippen molar-refractivity contribution in [3.63, 3.8) is 0 Å². The number of carboxylic acid groups (broad SMARTS) is 1. The number of hydrogen-bond acceptors (Lipinski definition) is 4. The van der Waals surface area contributed by atoms with Gasteiger partial charge in [0.05, 0.1) is 27.6 Å². The summed E-state index contributed by atoms with van der Waals surface area (Å²) in [5.41, 5.74) is 5.23. The summed E-state index contributed by atoms with van der Waals surface area (Å²) in [5.74, 6) is -2.73. The van der Waals surface area contributed by atoms with Crippen LogP contribution >= 0.6 is 15.9 Å². The minimum absolute atomic E-state index is 0.0104. The SMILES string of the molecule is Nc1cnc(Nc2cc(Br)c(F)cc2F)cc1C(=O)O. The van der Waals surface area contributed by atoms with Gasteiger partial charge < -0.3 is 16.2 Å². The van der Waals surface area contributed by atoms with E-state index in [1.807, 2.05) is 0 Å². The van der Waals surface area contributed by atoms with Gasteiger partial charge in [0.15, 0.2) is 0 Å². The molecular formula is C12H8BrF2N3O2. The molecule has 0 aliphatic carbocycles. The number of carbonyl (C=O) groups is 1. The van der Waals surface area contributed by atoms with Gasteiger partial charge in [-0.3, -0.25) is 0 Å². The molecule has 0 radical (unpaired) electrons. The van der Waals surface area contributed by atoms with E-state index in [1.165, 1.54) is 6.07 Å². The molecule has 0 amide bonds. The summed E-state index contributed by atoms with van der Waals surface area (Å²) < 4.78 is 26.7. The van der Waals surface area contributed by atoms with Crippen molar-refractivity contribution in [2.75, 3.05) is 11.1 Å². The first-order chi connectivity index (χ1) is 9.38. The second-order valence-electron chi connectivity index (χ2n) is 3.83. The minimum atomic E-state index is -1.23. The summed E-state index contributed by atoms with van der Waals surface area (Å²) in [7, 11) is 0. The highest BCUT2D eigenvalue weighted by atomic mass is 79.9. The average Bonchev–Trinajstić information content (AvgIpc) is 2.37. The molecule has 0 unspecified atom stereocenters. The van der Waals surface area contributed by atoms with Crippen LogP contribution in [0.3, 0.4) is 0 Å². The lowest BCUT2D eigenvalue weighted by Crippen LogP contribution is -2.05. The molecule has 0 aliphatic rings.